The molecular weight excluding hydrogens is 554 g/mol. The Morgan fingerprint density at radius 1 is 1.10 bits per heavy atom. The smallest absolute Gasteiger partial charge is 0.242 e. The summed E-state index contributed by atoms with van der Waals surface area (Å²) in [6, 6.07) is -0.359. The first kappa shape index (κ1) is 33.9. The molecule has 2 saturated heterocycles. The largest absolute Gasteiger partial charge is 0.379 e. The lowest BCUT2D eigenvalue weighted by Crippen LogP contribution is -2.43. The molecule has 12 nitrogen and oxygen atoms in total. The first-order valence-electron chi connectivity index (χ1n) is 14.6. The third kappa shape index (κ3) is 10.6. The van der Waals surface area contributed by atoms with Crippen LogP contribution in [0.2, 0.25) is 0 Å². The van der Waals surface area contributed by atoms with Gasteiger partial charge in [0.1, 0.15) is 11.9 Å². The summed E-state index contributed by atoms with van der Waals surface area (Å²) in [5.41, 5.74) is 0. The lowest BCUT2D eigenvalue weighted by Gasteiger charge is -2.37. The summed E-state index contributed by atoms with van der Waals surface area (Å²) < 4.78 is 29.5. The summed E-state index contributed by atoms with van der Waals surface area (Å²) in [7, 11) is 5.04. The second-order valence-corrected chi connectivity index (χ2v) is 12.0. The highest BCUT2D eigenvalue weighted by atomic mass is 32.2. The highest BCUT2D eigenvalue weighted by Crippen LogP contribution is 2.29. The predicted molar refractivity (Wildman–Crippen MR) is 153 cm³/mol. The van der Waals surface area contributed by atoms with Gasteiger partial charge in [-0.1, -0.05) is 0 Å². The van der Waals surface area contributed by atoms with Gasteiger partial charge in [-0.25, -0.2) is 0 Å². The number of amides is 3. The maximum atomic E-state index is 12.7. The molecule has 0 radical (unpaired) electrons. The summed E-state index contributed by atoms with van der Waals surface area (Å²) in [6.07, 6.45) is 3.85. The fourth-order valence-corrected chi connectivity index (χ4v) is 6.78. The molecule has 2 heterocycles. The second kappa shape index (κ2) is 17.5. The summed E-state index contributed by atoms with van der Waals surface area (Å²) >= 11 is 1.30. The summed E-state index contributed by atoms with van der Waals surface area (Å²) in [6.45, 7) is 3.54. The number of likely N-dealkylation sites (tertiary alicyclic amines) is 1. The van der Waals surface area contributed by atoms with Crippen LogP contribution in [0.4, 0.5) is 0 Å². The minimum atomic E-state index is -0.515. The first-order valence-corrected chi connectivity index (χ1v) is 15.6. The maximum Gasteiger partial charge on any atom is 0.242 e. The van der Waals surface area contributed by atoms with E-state index in [0.29, 0.717) is 38.5 Å². The van der Waals surface area contributed by atoms with Crippen molar-refractivity contribution in [2.24, 2.45) is 0 Å². The molecule has 0 spiro atoms. The van der Waals surface area contributed by atoms with Crippen molar-refractivity contribution in [1.29, 1.82) is 0 Å². The molecule has 0 aromatic rings. The van der Waals surface area contributed by atoms with Crippen LogP contribution in [0.25, 0.3) is 0 Å². The average Bonchev–Trinajstić information content (AvgIpc) is 3.22. The van der Waals surface area contributed by atoms with E-state index >= 15 is 0 Å². The fraction of sp³-hybridized carbons (Fsp3) is 0.857. The number of methoxy groups -OCH3 is 2. The van der Waals surface area contributed by atoms with Gasteiger partial charge >= 0.3 is 0 Å². The molecule has 0 aromatic carbocycles. The van der Waals surface area contributed by atoms with Crippen LogP contribution in [-0.2, 0) is 42.9 Å². The minimum absolute atomic E-state index is 0.0155. The Bertz CT molecular complexity index is 879. The Hall–Kier alpha value is -1.61. The first-order chi connectivity index (χ1) is 19.7. The maximum absolute atomic E-state index is 12.7. The van der Waals surface area contributed by atoms with Crippen molar-refractivity contribution < 1.29 is 42.9 Å². The van der Waals surface area contributed by atoms with Gasteiger partial charge in [-0.2, -0.15) is 0 Å². The van der Waals surface area contributed by atoms with E-state index in [1.165, 1.54) is 18.7 Å². The molecule has 6 unspecified atom stereocenters. The van der Waals surface area contributed by atoms with E-state index < -0.39 is 5.25 Å². The van der Waals surface area contributed by atoms with Crippen LogP contribution in [0.5, 0.6) is 0 Å². The van der Waals surface area contributed by atoms with Gasteiger partial charge in [0.2, 0.25) is 17.7 Å². The molecule has 7 atom stereocenters. The van der Waals surface area contributed by atoms with Gasteiger partial charge in [0.25, 0.3) is 0 Å². The number of hydrogen-bond acceptors (Lipinski definition) is 11. The molecule has 3 fully saturated rings. The molecule has 41 heavy (non-hydrogen) atoms. The summed E-state index contributed by atoms with van der Waals surface area (Å²) in [5, 5.41) is 5.24. The van der Waals surface area contributed by atoms with Crippen LogP contribution in [0.3, 0.4) is 0 Å². The van der Waals surface area contributed by atoms with Crippen molar-refractivity contribution in [3.8, 4) is 0 Å². The van der Waals surface area contributed by atoms with Gasteiger partial charge in [0.05, 0.1) is 42.3 Å². The topological polar surface area (TPSA) is 142 Å². The number of nitrogens with one attached hydrogen (secondary N) is 2. The number of carbonyl (C=O) groups is 4. The Morgan fingerprint density at radius 2 is 1.83 bits per heavy atom. The third-order valence-electron chi connectivity index (χ3n) is 7.91. The number of Topliss-reactive ketones (excluding diaryl/α,β-unsaturated/α-hetero) is 1. The van der Waals surface area contributed by atoms with Crippen molar-refractivity contribution in [2.45, 2.75) is 93.7 Å². The van der Waals surface area contributed by atoms with Crippen molar-refractivity contribution in [1.82, 2.24) is 15.5 Å². The molecule has 3 rings (SSSR count). The number of fused-ring (bicyclic) bond motifs is 2. The molecule has 234 valence electrons. The Balaban J connectivity index is 1.31. The SMILES string of the molecule is CN[C@@H](CSC1CC(=O)N(CCC(=O)NCCCOC2CC3CC(C2)OCC(OC)C(OC)CCO3)C1=O)C(C)=O. The molecule has 3 aliphatic rings. The second-order valence-electron chi connectivity index (χ2n) is 10.8. The highest BCUT2D eigenvalue weighted by Gasteiger charge is 2.39. The number of ketones is 1. The molecule has 2 N–H and O–H groups in total. The van der Waals surface area contributed by atoms with Crippen LogP contribution in [0.1, 0.15) is 51.9 Å². The van der Waals surface area contributed by atoms with Crippen LogP contribution >= 0.6 is 11.8 Å². The van der Waals surface area contributed by atoms with E-state index in [4.69, 9.17) is 23.7 Å². The van der Waals surface area contributed by atoms with Gasteiger partial charge in [0.15, 0.2) is 0 Å². The Labute approximate surface area is 247 Å². The number of likely N-dealkylation sites (N-methyl/N-ethyl adjacent to an activating group) is 1. The fourth-order valence-electron chi connectivity index (χ4n) is 5.43. The van der Waals surface area contributed by atoms with E-state index in [-0.39, 0.29) is 79.5 Å². The van der Waals surface area contributed by atoms with Gasteiger partial charge in [-0.15, -0.1) is 11.8 Å². The zero-order chi connectivity index (χ0) is 29.8. The van der Waals surface area contributed by atoms with Gasteiger partial charge in [0, 0.05) is 59.1 Å². The predicted octanol–water partition coefficient (Wildman–Crippen LogP) is 0.694. The molecular formula is C28H47N3O9S. The highest BCUT2D eigenvalue weighted by molar-refractivity contribution is 8.00. The normalized spacial score (nSPS) is 29.8. The van der Waals surface area contributed by atoms with Crippen LogP contribution in [-0.4, -0.2) is 130 Å². The third-order valence-corrected chi connectivity index (χ3v) is 9.21. The number of rotatable bonds is 15. The van der Waals surface area contributed by atoms with Gasteiger partial charge < -0.3 is 34.3 Å². The monoisotopic (exact) mass is 601 g/mol. The number of carbonyl (C=O) groups excluding carboxylic acids is 4. The quantitative estimate of drug-likeness (QED) is 0.202. The average molecular weight is 602 g/mol. The number of imide groups is 1. The van der Waals surface area contributed by atoms with Crippen LogP contribution in [0.15, 0.2) is 0 Å². The van der Waals surface area contributed by atoms with E-state index in [9.17, 15) is 19.2 Å². The van der Waals surface area contributed by atoms with Crippen molar-refractivity contribution in [3.05, 3.63) is 0 Å². The lowest BCUT2D eigenvalue weighted by atomic mass is 9.91. The van der Waals surface area contributed by atoms with E-state index in [0.717, 1.165) is 30.6 Å². The molecule has 2 aliphatic heterocycles. The van der Waals surface area contributed by atoms with E-state index in [1.54, 1.807) is 21.3 Å². The standard InChI is InChI=1S/C28H47N3O9S/c1-18(32)22(29-2)17-41-25-15-27(34)31(28(25)35)9-6-26(33)30-8-5-10-38-19-12-20-14-21(13-19)40-16-24(37-4)23(36-3)7-11-39-20/h19-25,29H,5-17H2,1-4H3,(H,30,33)/t19?,20?,21?,22-,23?,24?,25?/m0/s1. The van der Waals surface area contributed by atoms with E-state index in [1.807, 2.05) is 0 Å². The number of nitrogens with zero attached hydrogens (tertiary/aromatic N) is 1. The Morgan fingerprint density at radius 3 is 2.51 bits per heavy atom. The zero-order valence-electron chi connectivity index (χ0n) is 24.8. The molecule has 1 saturated carbocycles. The number of thioether (sulfide) groups is 1. The van der Waals surface area contributed by atoms with Gasteiger partial charge in [-0.05, 0) is 46.1 Å². The molecule has 13 heteroatoms. The van der Waals surface area contributed by atoms with Crippen molar-refractivity contribution in [3.63, 3.8) is 0 Å². The van der Waals surface area contributed by atoms with Crippen LogP contribution < -0.4 is 10.6 Å². The lowest BCUT2D eigenvalue weighted by molar-refractivity contribution is -0.149. The van der Waals surface area contributed by atoms with Crippen molar-refractivity contribution in [2.75, 3.05) is 59.9 Å². The van der Waals surface area contributed by atoms with Crippen LogP contribution in [0, 0.1) is 0 Å². The molecule has 0 aromatic heterocycles. The molecule has 3 amide bonds. The molecule has 2 bridgehead atoms. The Kier molecular flexibility index (Phi) is 14.5. The van der Waals surface area contributed by atoms with Gasteiger partial charge in [-0.3, -0.25) is 24.1 Å². The summed E-state index contributed by atoms with van der Waals surface area (Å²) in [4.78, 5) is 50.1. The van der Waals surface area contributed by atoms with Crippen molar-refractivity contribution >= 4 is 35.3 Å². The summed E-state index contributed by atoms with van der Waals surface area (Å²) in [5.74, 6) is -0.393. The number of hydrogen-bond donors (Lipinski definition) is 2. The number of ether oxygens (including phenoxy) is 5. The minimum Gasteiger partial charge on any atom is -0.379 e. The van der Waals surface area contributed by atoms with E-state index in [2.05, 4.69) is 10.6 Å². The molecule has 1 aliphatic carbocycles. The zero-order valence-corrected chi connectivity index (χ0v) is 25.6.